The first-order valence-corrected chi connectivity index (χ1v) is 10.7. The zero-order valence-electron chi connectivity index (χ0n) is 16.9. The summed E-state index contributed by atoms with van der Waals surface area (Å²) in [6, 6.07) is 0. The van der Waals surface area contributed by atoms with Crippen molar-refractivity contribution < 1.29 is 19.1 Å². The molecule has 0 saturated heterocycles. The van der Waals surface area contributed by atoms with E-state index in [4.69, 9.17) is 9.47 Å². The number of hydrogen-bond acceptors (Lipinski definition) is 4. The molecule has 0 radical (unpaired) electrons. The van der Waals surface area contributed by atoms with Crippen LogP contribution in [0.3, 0.4) is 0 Å². The third-order valence-corrected chi connectivity index (χ3v) is 4.93. The minimum atomic E-state index is -0.438. The van der Waals surface area contributed by atoms with Gasteiger partial charge in [-0.15, -0.1) is 0 Å². The number of rotatable bonds is 14. The van der Waals surface area contributed by atoms with Crippen LogP contribution in [0.4, 0.5) is 0 Å². The highest BCUT2D eigenvalue weighted by atomic mass is 16.5. The Balaban J connectivity index is 2.32. The lowest BCUT2D eigenvalue weighted by Crippen LogP contribution is -2.27. The van der Waals surface area contributed by atoms with Gasteiger partial charge in [0.25, 0.3) is 0 Å². The SMILES string of the molecule is CCCCCCCOC(=O)C1=CCCCC1C(=O)OCCCCCCC. The minimum Gasteiger partial charge on any atom is -0.465 e. The van der Waals surface area contributed by atoms with Gasteiger partial charge in [-0.1, -0.05) is 71.3 Å². The molecule has 0 spiro atoms. The number of esters is 2. The van der Waals surface area contributed by atoms with Gasteiger partial charge in [0.15, 0.2) is 0 Å². The highest BCUT2D eigenvalue weighted by Crippen LogP contribution is 2.27. The van der Waals surface area contributed by atoms with Gasteiger partial charge in [-0.2, -0.15) is 0 Å². The molecule has 4 nitrogen and oxygen atoms in total. The van der Waals surface area contributed by atoms with E-state index in [9.17, 15) is 9.59 Å². The highest BCUT2D eigenvalue weighted by Gasteiger charge is 2.31. The van der Waals surface area contributed by atoms with Crippen molar-refractivity contribution in [3.8, 4) is 0 Å². The standard InChI is InChI=1S/C22H38O4/c1-3-5-7-9-13-17-25-21(23)19-15-11-12-16-20(19)22(24)26-18-14-10-8-6-4-2/h15,20H,3-14,16-18H2,1-2H3. The molecule has 1 rings (SSSR count). The number of hydrogen-bond donors (Lipinski definition) is 0. The average Bonchev–Trinajstić information content (AvgIpc) is 2.67. The minimum absolute atomic E-state index is 0.258. The lowest BCUT2D eigenvalue weighted by atomic mass is 9.87. The van der Waals surface area contributed by atoms with E-state index >= 15 is 0 Å². The molecule has 1 atom stereocenters. The molecule has 4 heteroatoms. The molecule has 1 unspecified atom stereocenters. The summed E-state index contributed by atoms with van der Waals surface area (Å²) in [6.07, 6.45) is 15.5. The predicted octanol–water partition coefficient (Wildman–Crippen LogP) is 5.74. The molecule has 0 fully saturated rings. The number of unbranched alkanes of at least 4 members (excludes halogenated alkanes) is 8. The van der Waals surface area contributed by atoms with Crippen molar-refractivity contribution in [1.29, 1.82) is 0 Å². The Labute approximate surface area is 159 Å². The zero-order valence-corrected chi connectivity index (χ0v) is 16.9. The number of allylic oxidation sites excluding steroid dienone is 1. The summed E-state index contributed by atoms with van der Waals surface area (Å²) < 4.78 is 10.8. The van der Waals surface area contributed by atoms with Gasteiger partial charge < -0.3 is 9.47 Å². The van der Waals surface area contributed by atoms with Crippen LogP contribution < -0.4 is 0 Å². The number of carbonyl (C=O) groups excluding carboxylic acids is 2. The Bertz CT molecular complexity index is 428. The van der Waals surface area contributed by atoms with Crippen molar-refractivity contribution in [1.82, 2.24) is 0 Å². The van der Waals surface area contributed by atoms with Crippen molar-refractivity contribution in [2.45, 2.75) is 97.3 Å². The lowest BCUT2D eigenvalue weighted by molar-refractivity contribution is -0.151. The maximum Gasteiger partial charge on any atom is 0.334 e. The van der Waals surface area contributed by atoms with E-state index in [1.165, 1.54) is 38.5 Å². The van der Waals surface area contributed by atoms with Gasteiger partial charge in [0.05, 0.1) is 19.1 Å². The molecule has 0 N–H and O–H groups in total. The molecule has 1 aliphatic carbocycles. The molecule has 0 amide bonds. The van der Waals surface area contributed by atoms with Gasteiger partial charge in [-0.3, -0.25) is 4.79 Å². The van der Waals surface area contributed by atoms with Crippen molar-refractivity contribution in [2.75, 3.05) is 13.2 Å². The maximum absolute atomic E-state index is 12.4. The van der Waals surface area contributed by atoms with Crippen LogP contribution in [0.5, 0.6) is 0 Å². The van der Waals surface area contributed by atoms with Crippen LogP contribution in [0.25, 0.3) is 0 Å². The molecular weight excluding hydrogens is 328 g/mol. The second-order valence-corrected chi connectivity index (χ2v) is 7.27. The largest absolute Gasteiger partial charge is 0.465 e. The van der Waals surface area contributed by atoms with Crippen LogP contribution in [-0.2, 0) is 19.1 Å². The summed E-state index contributed by atoms with van der Waals surface area (Å²) in [7, 11) is 0. The van der Waals surface area contributed by atoms with E-state index in [0.29, 0.717) is 25.2 Å². The molecule has 0 bridgehead atoms. The van der Waals surface area contributed by atoms with Gasteiger partial charge >= 0.3 is 11.9 Å². The molecule has 0 aromatic heterocycles. The average molecular weight is 367 g/mol. The second-order valence-electron chi connectivity index (χ2n) is 7.27. The summed E-state index contributed by atoms with van der Waals surface area (Å²) >= 11 is 0. The number of carbonyl (C=O) groups is 2. The molecular formula is C22H38O4. The van der Waals surface area contributed by atoms with E-state index < -0.39 is 5.92 Å². The Kier molecular flexibility index (Phi) is 12.9. The monoisotopic (exact) mass is 366 g/mol. The van der Waals surface area contributed by atoms with Crippen LogP contribution >= 0.6 is 0 Å². The summed E-state index contributed by atoms with van der Waals surface area (Å²) in [5.41, 5.74) is 0.515. The van der Waals surface area contributed by atoms with Crippen molar-refractivity contribution in [3.05, 3.63) is 11.6 Å². The molecule has 26 heavy (non-hydrogen) atoms. The Morgan fingerprint density at radius 2 is 1.46 bits per heavy atom. The van der Waals surface area contributed by atoms with E-state index in [2.05, 4.69) is 13.8 Å². The van der Waals surface area contributed by atoms with Crippen LogP contribution in [0, 0.1) is 5.92 Å². The van der Waals surface area contributed by atoms with Gasteiger partial charge in [0.1, 0.15) is 0 Å². The fourth-order valence-electron chi connectivity index (χ4n) is 3.28. The summed E-state index contributed by atoms with van der Waals surface area (Å²) in [5.74, 6) is -1.02. The van der Waals surface area contributed by atoms with E-state index in [0.717, 1.165) is 38.5 Å². The smallest absolute Gasteiger partial charge is 0.334 e. The molecule has 0 heterocycles. The third kappa shape index (κ3) is 9.40. The molecule has 150 valence electrons. The van der Waals surface area contributed by atoms with Crippen LogP contribution in [0.1, 0.15) is 97.3 Å². The maximum atomic E-state index is 12.4. The van der Waals surface area contributed by atoms with E-state index in [1.807, 2.05) is 6.08 Å². The van der Waals surface area contributed by atoms with Gasteiger partial charge in [-0.25, -0.2) is 4.79 Å². The first kappa shape index (κ1) is 22.7. The first-order chi connectivity index (χ1) is 12.7. The second kappa shape index (κ2) is 14.8. The fourth-order valence-corrected chi connectivity index (χ4v) is 3.28. The van der Waals surface area contributed by atoms with Crippen molar-refractivity contribution in [3.63, 3.8) is 0 Å². The van der Waals surface area contributed by atoms with Crippen molar-refractivity contribution in [2.24, 2.45) is 5.92 Å². The third-order valence-electron chi connectivity index (χ3n) is 4.93. The molecule has 0 saturated carbocycles. The Hall–Kier alpha value is -1.32. The van der Waals surface area contributed by atoms with Crippen LogP contribution in [0.2, 0.25) is 0 Å². The topological polar surface area (TPSA) is 52.6 Å². The predicted molar refractivity (Wildman–Crippen MR) is 105 cm³/mol. The van der Waals surface area contributed by atoms with E-state index in [1.54, 1.807) is 0 Å². The molecule has 0 aromatic carbocycles. The van der Waals surface area contributed by atoms with Crippen molar-refractivity contribution >= 4 is 11.9 Å². The Morgan fingerprint density at radius 1 is 0.885 bits per heavy atom. The Morgan fingerprint density at radius 3 is 2.08 bits per heavy atom. The highest BCUT2D eigenvalue weighted by molar-refractivity contribution is 5.95. The quantitative estimate of drug-likeness (QED) is 0.290. The van der Waals surface area contributed by atoms with Crippen LogP contribution in [0.15, 0.2) is 11.6 Å². The lowest BCUT2D eigenvalue weighted by Gasteiger charge is -2.21. The number of ether oxygens (including phenoxy) is 2. The van der Waals surface area contributed by atoms with Crippen LogP contribution in [-0.4, -0.2) is 25.2 Å². The van der Waals surface area contributed by atoms with E-state index in [-0.39, 0.29) is 11.9 Å². The summed E-state index contributed by atoms with van der Waals surface area (Å²) in [6.45, 7) is 5.26. The molecule has 0 aromatic rings. The normalized spacial score (nSPS) is 16.8. The van der Waals surface area contributed by atoms with Gasteiger partial charge in [0, 0.05) is 5.57 Å². The summed E-state index contributed by atoms with van der Waals surface area (Å²) in [5, 5.41) is 0. The van der Waals surface area contributed by atoms with Gasteiger partial charge in [0.2, 0.25) is 0 Å². The zero-order chi connectivity index (χ0) is 19.0. The molecule has 1 aliphatic rings. The first-order valence-electron chi connectivity index (χ1n) is 10.7. The van der Waals surface area contributed by atoms with Gasteiger partial charge in [-0.05, 0) is 32.1 Å². The fraction of sp³-hybridized carbons (Fsp3) is 0.818. The molecule has 0 aliphatic heterocycles. The summed E-state index contributed by atoms with van der Waals surface area (Å²) in [4.78, 5) is 24.7.